The predicted octanol–water partition coefficient (Wildman–Crippen LogP) is 0.741. The lowest BCUT2D eigenvalue weighted by Crippen LogP contribution is -2.15. The van der Waals surface area contributed by atoms with Crippen LogP contribution in [-0.4, -0.2) is 22.1 Å². The lowest BCUT2D eigenvalue weighted by atomic mass is 10.3. The lowest BCUT2D eigenvalue weighted by Gasteiger charge is -2.11. The number of nitrogens with two attached hydrogens (primary N) is 1. The zero-order valence-corrected chi connectivity index (χ0v) is 9.37. The third-order valence-corrected chi connectivity index (χ3v) is 2.72. The Morgan fingerprint density at radius 2 is 1.93 bits per heavy atom. The molecule has 1 rings (SSSR count). The van der Waals surface area contributed by atoms with Gasteiger partial charge in [0.15, 0.2) is 4.90 Å². The molecule has 0 heterocycles. The fraction of sp³-hybridized carbons (Fsp3) is 0.333. The first-order valence-corrected chi connectivity index (χ1v) is 5.88. The minimum atomic E-state index is -3.85. The first-order chi connectivity index (χ1) is 7.00. The van der Waals surface area contributed by atoms with Gasteiger partial charge in [-0.25, -0.2) is 13.6 Å². The van der Waals surface area contributed by atoms with Crippen molar-refractivity contribution in [2.45, 2.75) is 11.8 Å². The van der Waals surface area contributed by atoms with Gasteiger partial charge in [0.25, 0.3) is 0 Å². The molecule has 5 nitrogen and oxygen atoms in total. The van der Waals surface area contributed by atoms with Crippen molar-refractivity contribution in [2.75, 3.05) is 13.7 Å². The smallest absolute Gasteiger partial charge is 0.245 e. The predicted molar refractivity (Wildman–Crippen MR) is 55.5 cm³/mol. The fourth-order valence-electron chi connectivity index (χ4n) is 1.21. The fourth-order valence-corrected chi connectivity index (χ4v) is 2.05. The summed E-state index contributed by atoms with van der Waals surface area (Å²) in [6, 6.07) is 4.69. The van der Waals surface area contributed by atoms with E-state index in [9.17, 15) is 8.42 Å². The number of sulfonamides is 1. The van der Waals surface area contributed by atoms with E-state index in [1.54, 1.807) is 13.0 Å². The van der Waals surface area contributed by atoms with Gasteiger partial charge in [-0.3, -0.25) is 0 Å². The molecular weight excluding hydrogens is 218 g/mol. The summed E-state index contributed by atoms with van der Waals surface area (Å²) in [5.41, 5.74) is 0. The first kappa shape index (κ1) is 11.8. The van der Waals surface area contributed by atoms with E-state index in [2.05, 4.69) is 0 Å². The third-order valence-electron chi connectivity index (χ3n) is 1.75. The molecule has 0 saturated heterocycles. The quantitative estimate of drug-likeness (QED) is 0.829. The van der Waals surface area contributed by atoms with Crippen LogP contribution in [0, 0.1) is 0 Å². The molecule has 0 bridgehead atoms. The molecule has 0 atom stereocenters. The molecule has 6 heteroatoms. The Morgan fingerprint density at radius 1 is 1.33 bits per heavy atom. The second-order valence-corrected chi connectivity index (χ2v) is 4.26. The largest absolute Gasteiger partial charge is 0.495 e. The zero-order valence-electron chi connectivity index (χ0n) is 8.56. The van der Waals surface area contributed by atoms with Gasteiger partial charge in [0, 0.05) is 0 Å². The highest BCUT2D eigenvalue weighted by atomic mass is 32.2. The minimum Gasteiger partial charge on any atom is -0.495 e. The molecule has 15 heavy (non-hydrogen) atoms. The zero-order chi connectivity index (χ0) is 11.5. The molecular formula is C9H13NO4S. The Hall–Kier alpha value is -1.27. The maximum atomic E-state index is 11.3. The van der Waals surface area contributed by atoms with Crippen molar-refractivity contribution >= 4 is 10.0 Å². The van der Waals surface area contributed by atoms with E-state index < -0.39 is 10.0 Å². The average Bonchev–Trinajstić information content (AvgIpc) is 2.16. The molecule has 0 aromatic heterocycles. The Labute approximate surface area is 88.9 Å². The van der Waals surface area contributed by atoms with Gasteiger partial charge in [-0.2, -0.15) is 0 Å². The molecule has 2 N–H and O–H groups in total. The molecule has 0 aliphatic carbocycles. The summed E-state index contributed by atoms with van der Waals surface area (Å²) in [6.07, 6.45) is 0. The molecule has 1 aromatic rings. The molecule has 0 saturated carbocycles. The van der Waals surface area contributed by atoms with E-state index in [4.69, 9.17) is 14.6 Å². The maximum Gasteiger partial charge on any atom is 0.245 e. The van der Waals surface area contributed by atoms with Crippen molar-refractivity contribution in [1.29, 1.82) is 0 Å². The van der Waals surface area contributed by atoms with Gasteiger partial charge >= 0.3 is 0 Å². The second-order valence-electron chi connectivity index (χ2n) is 2.77. The van der Waals surface area contributed by atoms with Gasteiger partial charge in [0.05, 0.1) is 13.7 Å². The molecule has 0 spiro atoms. The average molecular weight is 231 g/mol. The van der Waals surface area contributed by atoms with Crippen molar-refractivity contribution in [3.8, 4) is 11.5 Å². The number of hydrogen-bond acceptors (Lipinski definition) is 4. The summed E-state index contributed by atoms with van der Waals surface area (Å²) in [5.74, 6) is 0.391. The lowest BCUT2D eigenvalue weighted by molar-refractivity contribution is 0.323. The Balaban J connectivity index is 3.41. The van der Waals surface area contributed by atoms with Crippen molar-refractivity contribution in [2.24, 2.45) is 5.14 Å². The summed E-state index contributed by atoms with van der Waals surface area (Å²) >= 11 is 0. The van der Waals surface area contributed by atoms with Crippen molar-refractivity contribution in [3.63, 3.8) is 0 Å². The standard InChI is InChI=1S/C9H13NO4S/c1-3-14-8-6-4-5-7(13-2)9(8)15(10,11)12/h4-6H,3H2,1-2H3,(H2,10,11,12). The molecule has 0 aliphatic rings. The van der Waals surface area contributed by atoms with Crippen LogP contribution in [-0.2, 0) is 10.0 Å². The van der Waals surface area contributed by atoms with Gasteiger partial charge in [-0.15, -0.1) is 0 Å². The van der Waals surface area contributed by atoms with E-state index in [-0.39, 0.29) is 16.4 Å². The highest BCUT2D eigenvalue weighted by molar-refractivity contribution is 7.89. The number of hydrogen-bond donors (Lipinski definition) is 1. The maximum absolute atomic E-state index is 11.3. The highest BCUT2D eigenvalue weighted by Gasteiger charge is 2.20. The van der Waals surface area contributed by atoms with Crippen LogP contribution >= 0.6 is 0 Å². The van der Waals surface area contributed by atoms with E-state index >= 15 is 0 Å². The van der Waals surface area contributed by atoms with Crippen LogP contribution in [0.3, 0.4) is 0 Å². The third kappa shape index (κ3) is 2.60. The van der Waals surface area contributed by atoms with Crippen molar-refractivity contribution in [1.82, 2.24) is 0 Å². The number of methoxy groups -OCH3 is 1. The summed E-state index contributed by atoms with van der Waals surface area (Å²) in [5, 5.41) is 5.08. The van der Waals surface area contributed by atoms with E-state index in [0.29, 0.717) is 6.61 Å². The second kappa shape index (κ2) is 4.50. The monoisotopic (exact) mass is 231 g/mol. The summed E-state index contributed by atoms with van der Waals surface area (Å²) < 4.78 is 32.7. The van der Waals surface area contributed by atoms with E-state index in [1.165, 1.54) is 19.2 Å². The molecule has 0 radical (unpaired) electrons. The number of rotatable bonds is 4. The van der Waals surface area contributed by atoms with Crippen LogP contribution in [0.25, 0.3) is 0 Å². The Bertz CT molecular complexity index is 441. The Kier molecular flexibility index (Phi) is 3.54. The van der Waals surface area contributed by atoms with Crippen LogP contribution in [0.2, 0.25) is 0 Å². The SMILES string of the molecule is CCOc1cccc(OC)c1S(N)(=O)=O. The van der Waals surface area contributed by atoms with Crippen LogP contribution in [0.15, 0.2) is 23.1 Å². The van der Waals surface area contributed by atoms with Gasteiger partial charge in [-0.1, -0.05) is 6.07 Å². The van der Waals surface area contributed by atoms with Gasteiger partial charge in [0.1, 0.15) is 11.5 Å². The Morgan fingerprint density at radius 3 is 2.40 bits per heavy atom. The van der Waals surface area contributed by atoms with Crippen molar-refractivity contribution < 1.29 is 17.9 Å². The van der Waals surface area contributed by atoms with Crippen molar-refractivity contribution in [3.05, 3.63) is 18.2 Å². The van der Waals surface area contributed by atoms with Crippen LogP contribution in [0.5, 0.6) is 11.5 Å². The molecule has 0 fully saturated rings. The van der Waals surface area contributed by atoms with Gasteiger partial charge < -0.3 is 9.47 Å². The number of primary sulfonamides is 1. The topological polar surface area (TPSA) is 78.6 Å². The van der Waals surface area contributed by atoms with Crippen LogP contribution < -0.4 is 14.6 Å². The number of benzene rings is 1. The molecule has 0 unspecified atom stereocenters. The molecule has 84 valence electrons. The molecule has 1 aromatic carbocycles. The molecule has 0 aliphatic heterocycles. The van der Waals surface area contributed by atoms with Crippen LogP contribution in [0.4, 0.5) is 0 Å². The van der Waals surface area contributed by atoms with Crippen LogP contribution in [0.1, 0.15) is 6.92 Å². The first-order valence-electron chi connectivity index (χ1n) is 4.33. The highest BCUT2D eigenvalue weighted by Crippen LogP contribution is 2.31. The van der Waals surface area contributed by atoms with E-state index in [1.807, 2.05) is 0 Å². The normalized spacial score (nSPS) is 11.1. The summed E-state index contributed by atoms with van der Waals surface area (Å²) in [6.45, 7) is 2.11. The van der Waals surface area contributed by atoms with E-state index in [0.717, 1.165) is 0 Å². The number of ether oxygens (including phenoxy) is 2. The molecule has 0 amide bonds. The summed E-state index contributed by atoms with van der Waals surface area (Å²) in [7, 11) is -2.47. The summed E-state index contributed by atoms with van der Waals surface area (Å²) in [4.78, 5) is -0.116. The van der Waals surface area contributed by atoms with Gasteiger partial charge in [0.2, 0.25) is 10.0 Å². The van der Waals surface area contributed by atoms with Gasteiger partial charge in [-0.05, 0) is 19.1 Å². The minimum absolute atomic E-state index is 0.116.